The molecule has 0 radical (unpaired) electrons. The number of anilines is 1. The molecule has 0 saturated carbocycles. The molecule has 0 saturated heterocycles. The molecule has 0 spiro atoms. The van der Waals surface area contributed by atoms with E-state index in [4.69, 9.17) is 0 Å². The van der Waals surface area contributed by atoms with Crippen LogP contribution in [0.1, 0.15) is 10.4 Å². The maximum absolute atomic E-state index is 13.6. The molecule has 4 aromatic rings. The summed E-state index contributed by atoms with van der Waals surface area (Å²) in [5.74, 6) is -1.04. The van der Waals surface area contributed by atoms with E-state index in [9.17, 15) is 9.18 Å². The highest BCUT2D eigenvalue weighted by Crippen LogP contribution is 2.26. The number of hydrogen-bond donors (Lipinski definition) is 1. The van der Waals surface area contributed by atoms with Crippen molar-refractivity contribution in [2.24, 2.45) is 0 Å². The average molecular weight is 339 g/mol. The molecule has 1 amide bonds. The minimum atomic E-state index is -0.550. The Morgan fingerprint density at radius 3 is 2.67 bits per heavy atom. The van der Waals surface area contributed by atoms with E-state index in [0.29, 0.717) is 10.6 Å². The van der Waals surface area contributed by atoms with E-state index in [1.54, 1.807) is 35.1 Å². The number of hydrogen-bond acceptors (Lipinski definition) is 5. The first-order chi connectivity index (χ1) is 11.7. The zero-order chi connectivity index (χ0) is 16.5. The second kappa shape index (κ2) is 5.82. The largest absolute Gasteiger partial charge is 0.322 e. The maximum Gasteiger partial charge on any atom is 0.258 e. The van der Waals surface area contributed by atoms with Crippen LogP contribution in [0.5, 0.6) is 0 Å². The standard InChI is InChI=1S/C16H10FN5OS/c17-13-4-2-1-3-12(13)14(23)19-11-7-5-10(6-8-11)15-21-22-9-18-20-16(22)24-15/h1-9H,(H,19,23). The Labute approximate surface area is 139 Å². The van der Waals surface area contributed by atoms with Gasteiger partial charge in [0.1, 0.15) is 17.2 Å². The van der Waals surface area contributed by atoms with E-state index in [2.05, 4.69) is 20.6 Å². The number of nitrogens with zero attached hydrogens (tertiary/aromatic N) is 4. The molecule has 2 aromatic heterocycles. The van der Waals surface area contributed by atoms with E-state index < -0.39 is 11.7 Å². The lowest BCUT2D eigenvalue weighted by atomic mass is 10.2. The summed E-state index contributed by atoms with van der Waals surface area (Å²) in [6, 6.07) is 13.0. The van der Waals surface area contributed by atoms with Gasteiger partial charge >= 0.3 is 0 Å². The molecular formula is C16H10FN5OS. The first-order valence-electron chi connectivity index (χ1n) is 7.04. The molecule has 4 rings (SSSR count). The second-order valence-corrected chi connectivity index (χ2v) is 5.93. The van der Waals surface area contributed by atoms with Gasteiger partial charge in [-0.3, -0.25) is 4.79 Å². The topological polar surface area (TPSA) is 72.2 Å². The van der Waals surface area contributed by atoms with Crippen molar-refractivity contribution in [1.29, 1.82) is 0 Å². The van der Waals surface area contributed by atoms with Gasteiger partial charge in [-0.2, -0.15) is 9.61 Å². The van der Waals surface area contributed by atoms with Crippen LogP contribution in [0.15, 0.2) is 54.9 Å². The minimum Gasteiger partial charge on any atom is -0.322 e. The first kappa shape index (κ1) is 14.5. The molecule has 2 heterocycles. The van der Waals surface area contributed by atoms with Crippen LogP contribution < -0.4 is 5.32 Å². The molecule has 0 aliphatic carbocycles. The van der Waals surface area contributed by atoms with Crippen LogP contribution in [-0.4, -0.2) is 25.7 Å². The molecule has 0 atom stereocenters. The Balaban J connectivity index is 1.54. The van der Waals surface area contributed by atoms with Crippen LogP contribution in [0.2, 0.25) is 0 Å². The van der Waals surface area contributed by atoms with Crippen molar-refractivity contribution >= 4 is 27.9 Å². The minimum absolute atomic E-state index is 0.00947. The molecule has 2 aromatic carbocycles. The lowest BCUT2D eigenvalue weighted by Crippen LogP contribution is -2.13. The van der Waals surface area contributed by atoms with Crippen molar-refractivity contribution in [2.45, 2.75) is 0 Å². The van der Waals surface area contributed by atoms with Crippen molar-refractivity contribution in [3.05, 3.63) is 66.2 Å². The Morgan fingerprint density at radius 2 is 1.92 bits per heavy atom. The van der Waals surface area contributed by atoms with Crippen molar-refractivity contribution < 1.29 is 9.18 Å². The van der Waals surface area contributed by atoms with Crippen LogP contribution in [0.25, 0.3) is 15.5 Å². The van der Waals surface area contributed by atoms with Gasteiger partial charge in [0.15, 0.2) is 0 Å². The molecule has 0 fully saturated rings. The van der Waals surface area contributed by atoms with E-state index >= 15 is 0 Å². The first-order valence-corrected chi connectivity index (χ1v) is 7.85. The third-order valence-corrected chi connectivity index (χ3v) is 4.36. The smallest absolute Gasteiger partial charge is 0.258 e. The second-order valence-electron chi connectivity index (χ2n) is 4.98. The van der Waals surface area contributed by atoms with Crippen LogP contribution in [0.3, 0.4) is 0 Å². The number of carbonyl (C=O) groups excluding carboxylic acids is 1. The van der Waals surface area contributed by atoms with E-state index in [0.717, 1.165) is 10.6 Å². The molecule has 8 heteroatoms. The lowest BCUT2D eigenvalue weighted by Gasteiger charge is -2.06. The summed E-state index contributed by atoms with van der Waals surface area (Å²) in [6.45, 7) is 0. The van der Waals surface area contributed by atoms with Crippen LogP contribution in [-0.2, 0) is 0 Å². The number of amides is 1. The summed E-state index contributed by atoms with van der Waals surface area (Å²) in [5, 5.41) is 15.5. The molecule has 0 aliphatic heterocycles. The number of carbonyl (C=O) groups is 1. The molecule has 1 N–H and O–H groups in total. The number of nitrogens with one attached hydrogen (secondary N) is 1. The van der Waals surface area contributed by atoms with Gasteiger partial charge in [-0.15, -0.1) is 10.2 Å². The third-order valence-electron chi connectivity index (χ3n) is 3.40. The summed E-state index contributed by atoms with van der Waals surface area (Å²) in [6.07, 6.45) is 1.54. The van der Waals surface area contributed by atoms with Crippen LogP contribution >= 0.6 is 11.3 Å². The number of aromatic nitrogens is 4. The van der Waals surface area contributed by atoms with Crippen LogP contribution in [0.4, 0.5) is 10.1 Å². The highest BCUT2D eigenvalue weighted by Gasteiger charge is 2.12. The van der Waals surface area contributed by atoms with Gasteiger partial charge in [-0.1, -0.05) is 23.5 Å². The fourth-order valence-electron chi connectivity index (χ4n) is 2.22. The van der Waals surface area contributed by atoms with Gasteiger partial charge in [0.25, 0.3) is 5.91 Å². The molecule has 6 nitrogen and oxygen atoms in total. The van der Waals surface area contributed by atoms with Crippen LogP contribution in [0, 0.1) is 5.82 Å². The zero-order valence-electron chi connectivity index (χ0n) is 12.2. The van der Waals surface area contributed by atoms with Crippen molar-refractivity contribution in [3.63, 3.8) is 0 Å². The summed E-state index contributed by atoms with van der Waals surface area (Å²) < 4.78 is 15.2. The van der Waals surface area contributed by atoms with E-state index in [-0.39, 0.29) is 5.56 Å². The van der Waals surface area contributed by atoms with Crippen molar-refractivity contribution in [1.82, 2.24) is 19.8 Å². The van der Waals surface area contributed by atoms with E-state index in [1.807, 2.05) is 12.1 Å². The summed E-state index contributed by atoms with van der Waals surface area (Å²) in [4.78, 5) is 12.8. The number of halogens is 1. The maximum atomic E-state index is 13.6. The molecule has 24 heavy (non-hydrogen) atoms. The van der Waals surface area contributed by atoms with E-state index in [1.165, 1.54) is 23.5 Å². The molecule has 118 valence electrons. The quantitative estimate of drug-likeness (QED) is 0.622. The predicted molar refractivity (Wildman–Crippen MR) is 88.4 cm³/mol. The van der Waals surface area contributed by atoms with Gasteiger partial charge in [0.05, 0.1) is 5.56 Å². The van der Waals surface area contributed by atoms with Gasteiger partial charge < -0.3 is 5.32 Å². The lowest BCUT2D eigenvalue weighted by molar-refractivity contribution is 0.102. The molecule has 0 bridgehead atoms. The molecular weight excluding hydrogens is 329 g/mol. The Bertz CT molecular complexity index is 996. The monoisotopic (exact) mass is 339 g/mol. The normalized spacial score (nSPS) is 10.9. The summed E-state index contributed by atoms with van der Waals surface area (Å²) in [7, 11) is 0. The number of benzene rings is 2. The molecule has 0 aliphatic rings. The Kier molecular flexibility index (Phi) is 3.51. The van der Waals surface area contributed by atoms with Gasteiger partial charge in [0.2, 0.25) is 4.96 Å². The summed E-state index contributed by atoms with van der Waals surface area (Å²) in [5.41, 5.74) is 1.49. The fraction of sp³-hybridized carbons (Fsp3) is 0. The highest BCUT2D eigenvalue weighted by atomic mass is 32.1. The van der Waals surface area contributed by atoms with Crippen molar-refractivity contribution in [3.8, 4) is 10.6 Å². The van der Waals surface area contributed by atoms with Gasteiger partial charge in [-0.05, 0) is 36.4 Å². The summed E-state index contributed by atoms with van der Waals surface area (Å²) >= 11 is 1.42. The van der Waals surface area contributed by atoms with Gasteiger partial charge in [-0.25, -0.2) is 4.39 Å². The SMILES string of the molecule is O=C(Nc1ccc(-c2nn3cnnc3s2)cc1)c1ccccc1F. The average Bonchev–Trinajstić information content (AvgIpc) is 3.17. The fourth-order valence-corrected chi connectivity index (χ4v) is 3.04. The zero-order valence-corrected chi connectivity index (χ0v) is 13.0. The Morgan fingerprint density at radius 1 is 1.12 bits per heavy atom. The third kappa shape index (κ3) is 2.63. The molecule has 0 unspecified atom stereocenters. The Hall–Kier alpha value is -3.13. The number of rotatable bonds is 3. The number of fused-ring (bicyclic) bond motifs is 1. The van der Waals surface area contributed by atoms with Gasteiger partial charge in [0, 0.05) is 11.3 Å². The predicted octanol–water partition coefficient (Wildman–Crippen LogP) is 3.24. The van der Waals surface area contributed by atoms with Crippen molar-refractivity contribution in [2.75, 3.05) is 5.32 Å². The highest BCUT2D eigenvalue weighted by molar-refractivity contribution is 7.19.